The van der Waals surface area contributed by atoms with Gasteiger partial charge in [0.05, 0.1) is 0 Å². The molecule has 0 bridgehead atoms. The molecule has 1 aliphatic rings. The zero-order valence-electron chi connectivity index (χ0n) is 14.3. The van der Waals surface area contributed by atoms with E-state index < -0.39 is 0 Å². The molecule has 1 N–H and O–H groups in total. The van der Waals surface area contributed by atoms with E-state index in [1.807, 2.05) is 0 Å². The molecule has 2 rings (SSSR count). The lowest BCUT2D eigenvalue weighted by Gasteiger charge is -2.27. The summed E-state index contributed by atoms with van der Waals surface area (Å²) in [4.78, 5) is 4.87. The normalized spacial score (nSPS) is 20.0. The van der Waals surface area contributed by atoms with Gasteiger partial charge in [0, 0.05) is 37.9 Å². The predicted octanol–water partition coefficient (Wildman–Crippen LogP) is 2.96. The van der Waals surface area contributed by atoms with Gasteiger partial charge < -0.3 is 15.1 Å². The number of benzene rings is 1. The first-order valence-electron chi connectivity index (χ1n) is 8.08. The van der Waals surface area contributed by atoms with E-state index >= 15 is 0 Å². The van der Waals surface area contributed by atoms with Crippen LogP contribution in [-0.4, -0.2) is 44.2 Å². The molecule has 0 saturated carbocycles. The first-order valence-corrected chi connectivity index (χ1v) is 8.08. The quantitative estimate of drug-likeness (QED) is 0.899. The zero-order valence-corrected chi connectivity index (χ0v) is 14.3. The maximum atomic E-state index is 3.60. The number of hydrogen-bond donors (Lipinski definition) is 1. The van der Waals surface area contributed by atoms with Gasteiger partial charge in [0.25, 0.3) is 0 Å². The van der Waals surface area contributed by atoms with Crippen LogP contribution in [0.25, 0.3) is 0 Å². The third-order valence-corrected chi connectivity index (χ3v) is 4.23. The van der Waals surface area contributed by atoms with Crippen LogP contribution in [0.15, 0.2) is 24.3 Å². The lowest BCUT2D eigenvalue weighted by molar-refractivity contribution is 0.395. The number of anilines is 1. The Kier molecular flexibility index (Phi) is 5.28. The Morgan fingerprint density at radius 3 is 2.62 bits per heavy atom. The van der Waals surface area contributed by atoms with Gasteiger partial charge in [-0.1, -0.05) is 18.2 Å². The fraction of sp³-hybridized carbons (Fsp3) is 0.667. The van der Waals surface area contributed by atoms with Gasteiger partial charge in [0.15, 0.2) is 0 Å². The standard InChI is InChI=1S/C18H31N3/c1-18(2,3)19-12-16-8-6-7-9-17(16)21(5)14-15-10-11-20(4)13-15/h6-9,15,19H,10-14H2,1-5H3. The molecule has 1 aliphatic heterocycles. The van der Waals surface area contributed by atoms with Gasteiger partial charge in [0.1, 0.15) is 0 Å². The Morgan fingerprint density at radius 2 is 2.00 bits per heavy atom. The molecule has 1 atom stereocenters. The van der Waals surface area contributed by atoms with Crippen LogP contribution in [0.5, 0.6) is 0 Å². The number of hydrogen-bond acceptors (Lipinski definition) is 3. The highest BCUT2D eigenvalue weighted by Gasteiger charge is 2.21. The molecule has 118 valence electrons. The Morgan fingerprint density at radius 1 is 1.29 bits per heavy atom. The highest BCUT2D eigenvalue weighted by Crippen LogP contribution is 2.23. The average molecular weight is 289 g/mol. The van der Waals surface area contributed by atoms with Crippen molar-refractivity contribution in [3.8, 4) is 0 Å². The third-order valence-electron chi connectivity index (χ3n) is 4.23. The Hall–Kier alpha value is -1.06. The second-order valence-electron chi connectivity index (χ2n) is 7.53. The van der Waals surface area contributed by atoms with Gasteiger partial charge >= 0.3 is 0 Å². The van der Waals surface area contributed by atoms with Crippen molar-refractivity contribution < 1.29 is 0 Å². The van der Waals surface area contributed by atoms with Crippen LogP contribution in [0.4, 0.5) is 5.69 Å². The molecule has 0 aromatic heterocycles. The van der Waals surface area contributed by atoms with Crippen LogP contribution in [0.2, 0.25) is 0 Å². The largest absolute Gasteiger partial charge is 0.374 e. The summed E-state index contributed by atoms with van der Waals surface area (Å²) in [7, 11) is 4.45. The molecule has 0 aliphatic carbocycles. The average Bonchev–Trinajstić information content (AvgIpc) is 2.81. The van der Waals surface area contributed by atoms with Gasteiger partial charge in [-0.15, -0.1) is 0 Å². The van der Waals surface area contributed by atoms with Crippen molar-refractivity contribution in [1.82, 2.24) is 10.2 Å². The number of likely N-dealkylation sites (tertiary alicyclic amines) is 1. The van der Waals surface area contributed by atoms with E-state index in [0.717, 1.165) is 19.0 Å². The lowest BCUT2D eigenvalue weighted by Crippen LogP contribution is -2.36. The predicted molar refractivity (Wildman–Crippen MR) is 91.9 cm³/mol. The first-order chi connectivity index (χ1) is 9.85. The molecule has 21 heavy (non-hydrogen) atoms. The molecule has 3 heteroatoms. The Bertz CT molecular complexity index is 450. The molecule has 1 fully saturated rings. The third kappa shape index (κ3) is 5.01. The van der Waals surface area contributed by atoms with Crippen LogP contribution in [-0.2, 0) is 6.54 Å². The summed E-state index contributed by atoms with van der Waals surface area (Å²) in [6, 6.07) is 8.78. The molecule has 1 aromatic carbocycles. The molecule has 3 nitrogen and oxygen atoms in total. The lowest BCUT2D eigenvalue weighted by atomic mass is 10.1. The number of nitrogens with one attached hydrogen (secondary N) is 1. The van der Waals surface area contributed by atoms with Crippen molar-refractivity contribution in [2.45, 2.75) is 39.3 Å². The molecule has 0 radical (unpaired) electrons. The van der Waals surface area contributed by atoms with Gasteiger partial charge in [-0.05, 0) is 58.3 Å². The fourth-order valence-electron chi connectivity index (χ4n) is 3.05. The molecule has 0 amide bonds. The Labute approximate surface area is 130 Å². The molecule has 1 saturated heterocycles. The van der Waals surface area contributed by atoms with E-state index in [-0.39, 0.29) is 5.54 Å². The molecular formula is C18H31N3. The first kappa shape index (κ1) is 16.3. The zero-order chi connectivity index (χ0) is 15.5. The summed E-state index contributed by atoms with van der Waals surface area (Å²) in [5.41, 5.74) is 2.91. The molecule has 0 spiro atoms. The summed E-state index contributed by atoms with van der Waals surface area (Å²) in [5, 5.41) is 3.60. The highest BCUT2D eigenvalue weighted by molar-refractivity contribution is 5.53. The van der Waals surface area contributed by atoms with Crippen molar-refractivity contribution in [1.29, 1.82) is 0 Å². The molecule has 1 aromatic rings. The van der Waals surface area contributed by atoms with Gasteiger partial charge in [0.2, 0.25) is 0 Å². The number of para-hydroxylation sites is 1. The second-order valence-corrected chi connectivity index (χ2v) is 7.53. The molecule has 1 unspecified atom stereocenters. The molecular weight excluding hydrogens is 258 g/mol. The van der Waals surface area contributed by atoms with E-state index in [4.69, 9.17) is 0 Å². The van der Waals surface area contributed by atoms with Crippen molar-refractivity contribution in [2.24, 2.45) is 5.92 Å². The van der Waals surface area contributed by atoms with Crippen molar-refractivity contribution in [3.63, 3.8) is 0 Å². The van der Waals surface area contributed by atoms with Crippen LogP contribution < -0.4 is 10.2 Å². The minimum absolute atomic E-state index is 0.153. The van der Waals surface area contributed by atoms with E-state index in [2.05, 4.69) is 74.2 Å². The molecule has 1 heterocycles. The maximum absolute atomic E-state index is 3.60. The summed E-state index contributed by atoms with van der Waals surface area (Å²) in [6.07, 6.45) is 1.32. The maximum Gasteiger partial charge on any atom is 0.0409 e. The van der Waals surface area contributed by atoms with Crippen molar-refractivity contribution in [2.75, 3.05) is 38.6 Å². The van der Waals surface area contributed by atoms with Gasteiger partial charge in [-0.25, -0.2) is 0 Å². The summed E-state index contributed by atoms with van der Waals surface area (Å²) in [6.45, 7) is 11.2. The number of nitrogens with zero attached hydrogens (tertiary/aromatic N) is 2. The van der Waals surface area contributed by atoms with E-state index in [1.165, 1.54) is 30.8 Å². The van der Waals surface area contributed by atoms with Gasteiger partial charge in [-0.3, -0.25) is 0 Å². The topological polar surface area (TPSA) is 18.5 Å². The highest BCUT2D eigenvalue weighted by atomic mass is 15.2. The fourth-order valence-corrected chi connectivity index (χ4v) is 3.05. The smallest absolute Gasteiger partial charge is 0.0409 e. The Balaban J connectivity index is 2.01. The summed E-state index contributed by atoms with van der Waals surface area (Å²) < 4.78 is 0. The minimum atomic E-state index is 0.153. The van der Waals surface area contributed by atoms with Crippen molar-refractivity contribution in [3.05, 3.63) is 29.8 Å². The van der Waals surface area contributed by atoms with E-state index in [0.29, 0.717) is 0 Å². The van der Waals surface area contributed by atoms with Crippen molar-refractivity contribution >= 4 is 5.69 Å². The summed E-state index contributed by atoms with van der Waals surface area (Å²) >= 11 is 0. The second kappa shape index (κ2) is 6.80. The van der Waals surface area contributed by atoms with Crippen LogP contribution in [0.1, 0.15) is 32.8 Å². The minimum Gasteiger partial charge on any atom is -0.374 e. The van der Waals surface area contributed by atoms with Crippen LogP contribution >= 0.6 is 0 Å². The van der Waals surface area contributed by atoms with Gasteiger partial charge in [-0.2, -0.15) is 0 Å². The monoisotopic (exact) mass is 289 g/mol. The van der Waals surface area contributed by atoms with E-state index in [1.54, 1.807) is 0 Å². The van der Waals surface area contributed by atoms with E-state index in [9.17, 15) is 0 Å². The SMILES string of the molecule is CN1CCC(CN(C)c2ccccc2CNC(C)(C)C)C1. The van der Waals surface area contributed by atoms with Crippen LogP contribution in [0.3, 0.4) is 0 Å². The van der Waals surface area contributed by atoms with Crippen LogP contribution in [0, 0.1) is 5.92 Å². The number of rotatable bonds is 5. The summed E-state index contributed by atoms with van der Waals surface area (Å²) in [5.74, 6) is 0.795.